The number of amides is 1. The molecule has 6 heteroatoms. The van der Waals surface area contributed by atoms with Crippen LogP contribution < -0.4 is 5.32 Å². The van der Waals surface area contributed by atoms with Crippen molar-refractivity contribution in [1.29, 1.82) is 0 Å². The first kappa shape index (κ1) is 16.6. The van der Waals surface area contributed by atoms with Gasteiger partial charge in [0, 0.05) is 5.92 Å². The van der Waals surface area contributed by atoms with Crippen LogP contribution in [0.15, 0.2) is 65.3 Å². The predicted molar refractivity (Wildman–Crippen MR) is 102 cm³/mol. The molecule has 0 fully saturated rings. The number of nitrogens with zero attached hydrogens (tertiary/aromatic N) is 1. The molecule has 4 rings (SSSR count). The summed E-state index contributed by atoms with van der Waals surface area (Å²) in [7, 11) is 0. The number of carbonyl (C=O) groups excluding carboxylic acids is 1. The van der Waals surface area contributed by atoms with E-state index in [2.05, 4.69) is 50.5 Å². The van der Waals surface area contributed by atoms with Crippen molar-refractivity contribution in [3.05, 3.63) is 76.4 Å². The Labute approximate surface area is 158 Å². The zero-order valence-electron chi connectivity index (χ0n) is 13.6. The maximum Gasteiger partial charge on any atom is 0.412 e. The Hall–Kier alpha value is -2.86. The first-order chi connectivity index (χ1) is 12.6. The lowest BCUT2D eigenvalue weighted by Gasteiger charge is -2.14. The molecule has 1 heterocycles. The molecule has 0 spiro atoms. The van der Waals surface area contributed by atoms with Crippen LogP contribution in [-0.4, -0.2) is 22.8 Å². The molecule has 2 N–H and O–H groups in total. The van der Waals surface area contributed by atoms with Gasteiger partial charge in [0.25, 0.3) is 0 Å². The highest BCUT2D eigenvalue weighted by Gasteiger charge is 2.29. The first-order valence-corrected chi connectivity index (χ1v) is 8.90. The molecule has 0 saturated carbocycles. The summed E-state index contributed by atoms with van der Waals surface area (Å²) in [6.07, 6.45) is -0.659. The van der Waals surface area contributed by atoms with Crippen LogP contribution >= 0.6 is 15.9 Å². The van der Waals surface area contributed by atoms with E-state index in [1.165, 1.54) is 17.2 Å². The number of anilines is 1. The normalized spacial score (nSPS) is 12.3. The van der Waals surface area contributed by atoms with Crippen molar-refractivity contribution in [1.82, 2.24) is 4.98 Å². The highest BCUT2D eigenvalue weighted by atomic mass is 79.9. The van der Waals surface area contributed by atoms with E-state index in [4.69, 9.17) is 4.74 Å². The second-order valence-corrected chi connectivity index (χ2v) is 6.76. The Kier molecular flexibility index (Phi) is 4.34. The molecular formula is C20H15BrN2O3. The molecule has 0 radical (unpaired) electrons. The van der Waals surface area contributed by atoms with Crippen LogP contribution in [0.3, 0.4) is 0 Å². The van der Waals surface area contributed by atoms with Gasteiger partial charge in [-0.05, 0) is 50.3 Å². The number of ether oxygens (including phenoxy) is 1. The van der Waals surface area contributed by atoms with Gasteiger partial charge in [-0.2, -0.15) is 0 Å². The average molecular weight is 411 g/mol. The van der Waals surface area contributed by atoms with Crippen molar-refractivity contribution in [2.75, 3.05) is 11.9 Å². The highest BCUT2D eigenvalue weighted by molar-refractivity contribution is 9.10. The number of aromatic hydroxyl groups is 1. The number of hydrogen-bond donors (Lipinski definition) is 2. The number of nitrogens with one attached hydrogen (secondary N) is 1. The van der Waals surface area contributed by atoms with Crippen LogP contribution in [0.2, 0.25) is 0 Å². The number of benzene rings is 2. The maximum absolute atomic E-state index is 12.2. The second-order valence-electron chi connectivity index (χ2n) is 5.95. The van der Waals surface area contributed by atoms with Gasteiger partial charge in [-0.25, -0.2) is 9.78 Å². The Balaban J connectivity index is 1.51. The summed E-state index contributed by atoms with van der Waals surface area (Å²) < 4.78 is 5.93. The standard InChI is InChI=1S/C20H15BrN2O3/c21-18-10-9-17(24)19(22-18)23-20(25)26-11-16-14-7-3-1-5-12(14)13-6-2-4-8-15(13)16/h1-10,16,24H,11H2,(H,22,23,25). The highest BCUT2D eigenvalue weighted by Crippen LogP contribution is 2.44. The Morgan fingerprint density at radius 3 is 2.31 bits per heavy atom. The van der Waals surface area contributed by atoms with Crippen molar-refractivity contribution in [2.24, 2.45) is 0 Å². The lowest BCUT2D eigenvalue weighted by atomic mass is 9.98. The van der Waals surface area contributed by atoms with Gasteiger partial charge in [-0.1, -0.05) is 48.5 Å². The van der Waals surface area contributed by atoms with Crippen molar-refractivity contribution in [3.8, 4) is 16.9 Å². The van der Waals surface area contributed by atoms with Gasteiger partial charge in [0.05, 0.1) is 0 Å². The molecule has 0 atom stereocenters. The van der Waals surface area contributed by atoms with Crippen LogP contribution in [0.25, 0.3) is 11.1 Å². The van der Waals surface area contributed by atoms with Gasteiger partial charge in [0.2, 0.25) is 0 Å². The molecule has 1 amide bonds. The summed E-state index contributed by atoms with van der Waals surface area (Å²) in [6.45, 7) is 0.203. The molecule has 1 aliphatic rings. The lowest BCUT2D eigenvalue weighted by Crippen LogP contribution is -2.18. The number of aromatic nitrogens is 1. The fourth-order valence-corrected chi connectivity index (χ4v) is 3.56. The van der Waals surface area contributed by atoms with Gasteiger partial charge in [0.15, 0.2) is 11.6 Å². The number of rotatable bonds is 3. The minimum Gasteiger partial charge on any atom is -0.504 e. The zero-order valence-corrected chi connectivity index (χ0v) is 15.2. The van der Waals surface area contributed by atoms with Crippen molar-refractivity contribution < 1.29 is 14.6 Å². The fraction of sp³-hybridized carbons (Fsp3) is 0.100. The number of halogens is 1. The smallest absolute Gasteiger partial charge is 0.412 e. The van der Waals surface area contributed by atoms with Crippen LogP contribution in [0.5, 0.6) is 5.75 Å². The van der Waals surface area contributed by atoms with Gasteiger partial charge < -0.3 is 9.84 Å². The van der Waals surface area contributed by atoms with Crippen LogP contribution in [0.4, 0.5) is 10.6 Å². The van der Waals surface area contributed by atoms with Crippen LogP contribution in [0.1, 0.15) is 17.0 Å². The summed E-state index contributed by atoms with van der Waals surface area (Å²) in [4.78, 5) is 16.2. The fourth-order valence-electron chi connectivity index (χ4n) is 3.25. The molecule has 0 aliphatic heterocycles. The molecule has 1 aromatic heterocycles. The summed E-state index contributed by atoms with van der Waals surface area (Å²) in [5.74, 6) is -0.0875. The third-order valence-corrected chi connectivity index (χ3v) is 4.85. The summed E-state index contributed by atoms with van der Waals surface area (Å²) in [6, 6.07) is 19.3. The van der Waals surface area contributed by atoms with Gasteiger partial charge in [0.1, 0.15) is 11.2 Å². The molecule has 130 valence electrons. The largest absolute Gasteiger partial charge is 0.504 e. The van der Waals surface area contributed by atoms with E-state index in [-0.39, 0.29) is 24.1 Å². The van der Waals surface area contributed by atoms with Crippen molar-refractivity contribution in [2.45, 2.75) is 5.92 Å². The van der Waals surface area contributed by atoms with Gasteiger partial charge in [-0.3, -0.25) is 5.32 Å². The molecule has 3 aromatic rings. The van der Waals surface area contributed by atoms with E-state index in [1.54, 1.807) is 6.07 Å². The lowest BCUT2D eigenvalue weighted by molar-refractivity contribution is 0.158. The molecule has 26 heavy (non-hydrogen) atoms. The number of pyridine rings is 1. The summed E-state index contributed by atoms with van der Waals surface area (Å²) in [5.41, 5.74) is 4.63. The molecule has 0 unspecified atom stereocenters. The number of fused-ring (bicyclic) bond motifs is 3. The molecule has 0 bridgehead atoms. The van der Waals surface area contributed by atoms with Crippen molar-refractivity contribution in [3.63, 3.8) is 0 Å². The minimum absolute atomic E-state index is 0.0165. The van der Waals surface area contributed by atoms with Crippen LogP contribution in [-0.2, 0) is 4.74 Å². The molecular weight excluding hydrogens is 396 g/mol. The molecule has 0 saturated heterocycles. The molecule has 2 aromatic carbocycles. The SMILES string of the molecule is O=C(Nc1nc(Br)ccc1O)OCC1c2ccccc2-c2ccccc21. The third-order valence-electron chi connectivity index (χ3n) is 4.40. The Morgan fingerprint density at radius 1 is 1.04 bits per heavy atom. The Morgan fingerprint density at radius 2 is 1.65 bits per heavy atom. The van der Waals surface area contributed by atoms with Gasteiger partial charge >= 0.3 is 6.09 Å². The minimum atomic E-state index is -0.659. The van der Waals surface area contributed by atoms with Gasteiger partial charge in [-0.15, -0.1) is 0 Å². The Bertz CT molecular complexity index is 945. The van der Waals surface area contributed by atoms with E-state index < -0.39 is 6.09 Å². The number of hydrogen-bond acceptors (Lipinski definition) is 4. The first-order valence-electron chi connectivity index (χ1n) is 8.11. The summed E-state index contributed by atoms with van der Waals surface area (Å²) in [5, 5.41) is 12.2. The van der Waals surface area contributed by atoms with Crippen LogP contribution in [0, 0.1) is 0 Å². The van der Waals surface area contributed by atoms with E-state index in [9.17, 15) is 9.90 Å². The predicted octanol–water partition coefficient (Wildman–Crippen LogP) is 4.91. The third kappa shape index (κ3) is 3.04. The second kappa shape index (κ2) is 6.80. The van der Waals surface area contributed by atoms with E-state index in [0.29, 0.717) is 4.60 Å². The summed E-state index contributed by atoms with van der Waals surface area (Å²) >= 11 is 3.20. The van der Waals surface area contributed by atoms with E-state index in [0.717, 1.165) is 11.1 Å². The molecule has 1 aliphatic carbocycles. The number of carbonyl (C=O) groups is 1. The maximum atomic E-state index is 12.2. The van der Waals surface area contributed by atoms with Crippen molar-refractivity contribution >= 4 is 27.8 Å². The zero-order chi connectivity index (χ0) is 18.1. The topological polar surface area (TPSA) is 71.5 Å². The molecule has 5 nitrogen and oxygen atoms in total. The van der Waals surface area contributed by atoms with E-state index in [1.807, 2.05) is 24.3 Å². The monoisotopic (exact) mass is 410 g/mol. The average Bonchev–Trinajstić information content (AvgIpc) is 2.97. The quantitative estimate of drug-likeness (QED) is 0.601. The van der Waals surface area contributed by atoms with E-state index >= 15 is 0 Å².